The number of hydrogen-bond donors (Lipinski definition) is 2. The molecule has 0 aromatic heterocycles. The minimum Gasteiger partial charge on any atom is -0.488 e. The van der Waals surface area contributed by atoms with Crippen LogP contribution in [-0.2, 0) is 9.53 Å². The zero-order chi connectivity index (χ0) is 21.4. The molecule has 1 aromatic rings. The Kier molecular flexibility index (Phi) is 7.79. The molecule has 1 aromatic carbocycles. The fourth-order valence-corrected chi connectivity index (χ4v) is 2.47. The van der Waals surface area contributed by atoms with Gasteiger partial charge in [-0.2, -0.15) is 0 Å². The first-order valence-corrected chi connectivity index (χ1v) is 9.07. The Balaban J connectivity index is 2.20. The lowest BCUT2D eigenvalue weighted by molar-refractivity contribution is -0.130. The lowest BCUT2D eigenvalue weighted by Gasteiger charge is -2.30. The van der Waals surface area contributed by atoms with E-state index in [1.807, 2.05) is 6.92 Å². The van der Waals surface area contributed by atoms with Crippen LogP contribution in [0.5, 0.6) is 11.5 Å². The molecule has 156 valence electrons. The number of likely N-dealkylation sites (tertiary alicyclic amines) is 1. The van der Waals surface area contributed by atoms with Crippen LogP contribution in [0.15, 0.2) is 47.7 Å². The molecule has 1 heterocycles. The van der Waals surface area contributed by atoms with Crippen LogP contribution in [0.3, 0.4) is 0 Å². The van der Waals surface area contributed by atoms with E-state index in [1.165, 1.54) is 24.4 Å². The van der Waals surface area contributed by atoms with Gasteiger partial charge in [0.2, 0.25) is 11.8 Å². The minimum absolute atomic E-state index is 0.00375. The number of carbonyl (C=O) groups is 2. The second-order valence-corrected chi connectivity index (χ2v) is 6.44. The van der Waals surface area contributed by atoms with E-state index in [2.05, 4.69) is 11.6 Å². The molecule has 9 heteroatoms. The van der Waals surface area contributed by atoms with E-state index in [1.54, 1.807) is 18.1 Å². The van der Waals surface area contributed by atoms with Crippen molar-refractivity contribution in [2.75, 3.05) is 26.8 Å². The highest BCUT2D eigenvalue weighted by molar-refractivity contribution is 5.95. The van der Waals surface area contributed by atoms with Gasteiger partial charge in [0.25, 0.3) is 5.91 Å². The molecule has 0 radical (unpaired) electrons. The monoisotopic (exact) mass is 402 g/mol. The highest BCUT2D eigenvalue weighted by Gasteiger charge is 2.21. The third kappa shape index (κ3) is 6.35. The van der Waals surface area contributed by atoms with Crippen molar-refractivity contribution in [1.29, 1.82) is 0 Å². The predicted octanol–water partition coefficient (Wildman–Crippen LogP) is 1.19. The molecule has 29 heavy (non-hydrogen) atoms. The SMILES string of the molecule is C=C/C(=N\C=C(/N)C(=O)N1CCC1)Oc1cc(O[C@@H](C)COC)cc(C(N)=O)c1. The summed E-state index contributed by atoms with van der Waals surface area (Å²) >= 11 is 0. The highest BCUT2D eigenvalue weighted by Crippen LogP contribution is 2.24. The fourth-order valence-electron chi connectivity index (χ4n) is 2.47. The summed E-state index contributed by atoms with van der Waals surface area (Å²) in [4.78, 5) is 29.3. The summed E-state index contributed by atoms with van der Waals surface area (Å²) in [7, 11) is 1.56. The van der Waals surface area contributed by atoms with Crippen molar-refractivity contribution in [2.24, 2.45) is 16.5 Å². The number of ether oxygens (including phenoxy) is 3. The van der Waals surface area contributed by atoms with Crippen molar-refractivity contribution in [3.05, 3.63) is 48.3 Å². The second kappa shape index (κ2) is 10.3. The summed E-state index contributed by atoms with van der Waals surface area (Å²) in [5.74, 6) is -0.183. The van der Waals surface area contributed by atoms with Crippen molar-refractivity contribution in [2.45, 2.75) is 19.4 Å². The van der Waals surface area contributed by atoms with Gasteiger partial charge in [0.1, 0.15) is 23.3 Å². The third-order valence-electron chi connectivity index (χ3n) is 4.02. The highest BCUT2D eigenvalue weighted by atomic mass is 16.5. The summed E-state index contributed by atoms with van der Waals surface area (Å²) < 4.78 is 16.4. The largest absolute Gasteiger partial charge is 0.488 e. The third-order valence-corrected chi connectivity index (χ3v) is 4.02. The van der Waals surface area contributed by atoms with E-state index >= 15 is 0 Å². The number of primary amides is 1. The lowest BCUT2D eigenvalue weighted by Crippen LogP contribution is -2.44. The fraction of sp³-hybridized carbons (Fsp3) is 0.350. The van der Waals surface area contributed by atoms with Crippen molar-refractivity contribution >= 4 is 17.7 Å². The van der Waals surface area contributed by atoms with Crippen LogP contribution in [-0.4, -0.2) is 55.5 Å². The molecule has 0 saturated carbocycles. The molecule has 0 aliphatic carbocycles. The molecule has 1 fully saturated rings. The standard InChI is InChI=1S/C20H26N4O5/c1-4-18(23-11-17(21)20(26)24-6-5-7-24)29-16-9-14(19(22)25)8-15(10-16)28-13(2)12-27-3/h4,8-11,13H,1,5-7,12,21H2,2-3H3,(H2,22,25)/b17-11-,23-18+/t13-/m0/s1. The number of aliphatic imine (C=N–C) groups is 1. The molecule has 1 aliphatic rings. The molecule has 0 unspecified atom stereocenters. The molecule has 0 bridgehead atoms. The predicted molar refractivity (Wildman–Crippen MR) is 109 cm³/mol. The van der Waals surface area contributed by atoms with Gasteiger partial charge >= 0.3 is 0 Å². The quantitative estimate of drug-likeness (QED) is 0.363. The first kappa shape index (κ1) is 22.0. The van der Waals surface area contributed by atoms with Gasteiger partial charge in [-0.05, 0) is 31.6 Å². The smallest absolute Gasteiger partial charge is 0.271 e. The summed E-state index contributed by atoms with van der Waals surface area (Å²) in [6.07, 6.45) is 3.28. The normalized spacial score (nSPS) is 15.3. The first-order chi connectivity index (χ1) is 13.8. The Hall–Kier alpha value is -3.33. The van der Waals surface area contributed by atoms with Crippen LogP contribution in [0.2, 0.25) is 0 Å². The van der Waals surface area contributed by atoms with E-state index in [4.69, 9.17) is 25.7 Å². The molecule has 9 nitrogen and oxygen atoms in total. The van der Waals surface area contributed by atoms with Gasteiger partial charge < -0.3 is 30.6 Å². The Morgan fingerprint density at radius 3 is 2.52 bits per heavy atom. The van der Waals surface area contributed by atoms with Gasteiger partial charge in [0.05, 0.1) is 12.8 Å². The van der Waals surface area contributed by atoms with Crippen molar-refractivity contribution in [3.63, 3.8) is 0 Å². The van der Waals surface area contributed by atoms with Gasteiger partial charge in [0, 0.05) is 31.8 Å². The number of methoxy groups -OCH3 is 1. The second-order valence-electron chi connectivity index (χ2n) is 6.44. The van der Waals surface area contributed by atoms with E-state index < -0.39 is 5.91 Å². The van der Waals surface area contributed by atoms with Crippen LogP contribution >= 0.6 is 0 Å². The molecule has 1 saturated heterocycles. The minimum atomic E-state index is -0.638. The van der Waals surface area contributed by atoms with Gasteiger partial charge in [-0.3, -0.25) is 9.59 Å². The molecular formula is C20H26N4O5. The van der Waals surface area contributed by atoms with E-state index in [-0.39, 0.29) is 34.9 Å². The van der Waals surface area contributed by atoms with Crippen LogP contribution in [0.25, 0.3) is 0 Å². The maximum atomic E-state index is 12.0. The zero-order valence-corrected chi connectivity index (χ0v) is 16.6. The van der Waals surface area contributed by atoms with Crippen LogP contribution in [0.1, 0.15) is 23.7 Å². The van der Waals surface area contributed by atoms with Gasteiger partial charge in [-0.25, -0.2) is 4.99 Å². The Labute approximate surface area is 169 Å². The molecule has 4 N–H and O–H groups in total. The van der Waals surface area contributed by atoms with Crippen molar-refractivity contribution < 1.29 is 23.8 Å². The molecule has 2 amide bonds. The van der Waals surface area contributed by atoms with Crippen molar-refractivity contribution in [1.82, 2.24) is 4.90 Å². The van der Waals surface area contributed by atoms with Crippen molar-refractivity contribution in [3.8, 4) is 11.5 Å². The molecule has 1 atom stereocenters. The Morgan fingerprint density at radius 2 is 1.97 bits per heavy atom. The topological polar surface area (TPSA) is 129 Å². The summed E-state index contributed by atoms with van der Waals surface area (Å²) in [5, 5.41) is 0. The lowest BCUT2D eigenvalue weighted by atomic mass is 10.2. The Morgan fingerprint density at radius 1 is 1.28 bits per heavy atom. The summed E-state index contributed by atoms with van der Waals surface area (Å²) in [6, 6.07) is 4.54. The average Bonchev–Trinajstić information content (AvgIpc) is 2.63. The number of benzene rings is 1. The zero-order valence-electron chi connectivity index (χ0n) is 16.6. The maximum absolute atomic E-state index is 12.0. The van der Waals surface area contributed by atoms with Gasteiger partial charge in [-0.1, -0.05) is 6.58 Å². The van der Waals surface area contributed by atoms with Gasteiger partial charge in [-0.15, -0.1) is 0 Å². The Bertz CT molecular complexity index is 830. The van der Waals surface area contributed by atoms with Crippen LogP contribution < -0.4 is 20.9 Å². The number of nitrogens with zero attached hydrogens (tertiary/aromatic N) is 2. The number of amides is 2. The number of hydrogen-bond acceptors (Lipinski definition) is 7. The van der Waals surface area contributed by atoms with E-state index in [9.17, 15) is 9.59 Å². The molecule has 2 rings (SSSR count). The van der Waals surface area contributed by atoms with Gasteiger partial charge in [0.15, 0.2) is 0 Å². The molecule has 1 aliphatic heterocycles. The summed E-state index contributed by atoms with van der Waals surface area (Å²) in [5.41, 5.74) is 11.4. The maximum Gasteiger partial charge on any atom is 0.271 e. The number of rotatable bonds is 9. The van der Waals surface area contributed by atoms with Crippen LogP contribution in [0, 0.1) is 0 Å². The van der Waals surface area contributed by atoms with Crippen LogP contribution in [0.4, 0.5) is 0 Å². The first-order valence-electron chi connectivity index (χ1n) is 9.07. The number of carbonyl (C=O) groups excluding carboxylic acids is 2. The summed E-state index contributed by atoms with van der Waals surface area (Å²) in [6.45, 7) is 7.19. The van der Waals surface area contributed by atoms with E-state index in [0.29, 0.717) is 25.4 Å². The molecule has 0 spiro atoms. The average molecular weight is 402 g/mol. The molecular weight excluding hydrogens is 376 g/mol. The van der Waals surface area contributed by atoms with E-state index in [0.717, 1.165) is 6.42 Å². The number of nitrogens with two attached hydrogens (primary N) is 2.